The van der Waals surface area contributed by atoms with E-state index in [1.165, 1.54) is 0 Å². The Bertz CT molecular complexity index is 613. The van der Waals surface area contributed by atoms with E-state index in [0.717, 1.165) is 32.0 Å². The second kappa shape index (κ2) is 16.0. The molecular formula is C19H34IN7O3. The van der Waals surface area contributed by atoms with Gasteiger partial charge >= 0.3 is 0 Å². The van der Waals surface area contributed by atoms with Gasteiger partial charge in [-0.15, -0.1) is 24.0 Å². The lowest BCUT2D eigenvalue weighted by molar-refractivity contribution is -0.131. The van der Waals surface area contributed by atoms with Crippen LogP contribution in [0, 0.1) is 0 Å². The van der Waals surface area contributed by atoms with Crippen LogP contribution in [0.1, 0.15) is 12.8 Å². The number of methoxy groups -OCH3 is 1. The predicted octanol–water partition coefficient (Wildman–Crippen LogP) is 0.351. The van der Waals surface area contributed by atoms with E-state index in [4.69, 9.17) is 9.47 Å². The van der Waals surface area contributed by atoms with Crippen molar-refractivity contribution in [3.05, 3.63) is 18.5 Å². The van der Waals surface area contributed by atoms with E-state index in [9.17, 15) is 4.79 Å². The minimum atomic E-state index is 0. The predicted molar refractivity (Wildman–Crippen MR) is 128 cm³/mol. The average molecular weight is 535 g/mol. The van der Waals surface area contributed by atoms with E-state index in [1.807, 2.05) is 4.90 Å². The minimum absolute atomic E-state index is 0. The molecule has 170 valence electrons. The fraction of sp³-hybridized carbons (Fsp3) is 0.684. The number of rotatable bonds is 11. The molecule has 0 bridgehead atoms. The Morgan fingerprint density at radius 2 is 1.80 bits per heavy atom. The highest BCUT2D eigenvalue weighted by Gasteiger charge is 2.22. The number of piperazine rings is 1. The third-order valence-electron chi connectivity index (χ3n) is 4.51. The number of aliphatic imine (C=N–C) groups is 1. The first-order valence-electron chi connectivity index (χ1n) is 10.1. The summed E-state index contributed by atoms with van der Waals surface area (Å²) in [5.41, 5.74) is 0. The molecule has 1 aromatic rings. The molecule has 0 aliphatic carbocycles. The van der Waals surface area contributed by atoms with Crippen molar-refractivity contribution < 1.29 is 14.3 Å². The molecule has 0 unspecified atom stereocenters. The average Bonchev–Trinajstić information content (AvgIpc) is 2.77. The summed E-state index contributed by atoms with van der Waals surface area (Å²) in [4.78, 5) is 29.2. The zero-order chi connectivity index (χ0) is 20.7. The summed E-state index contributed by atoms with van der Waals surface area (Å²) in [5.74, 6) is 1.56. The number of nitrogens with zero attached hydrogens (tertiary/aromatic N) is 5. The normalized spacial score (nSPS) is 14.3. The van der Waals surface area contributed by atoms with Crippen LogP contribution in [0.15, 0.2) is 23.5 Å². The summed E-state index contributed by atoms with van der Waals surface area (Å²) in [6, 6.07) is 1.80. The van der Waals surface area contributed by atoms with Crippen molar-refractivity contribution in [1.82, 2.24) is 25.5 Å². The third-order valence-corrected chi connectivity index (χ3v) is 4.51. The molecule has 1 aliphatic rings. The molecule has 0 aromatic carbocycles. The van der Waals surface area contributed by atoms with E-state index >= 15 is 0 Å². The van der Waals surface area contributed by atoms with Crippen molar-refractivity contribution in [2.45, 2.75) is 12.8 Å². The Morgan fingerprint density at radius 1 is 1.10 bits per heavy atom. The smallest absolute Gasteiger partial charge is 0.225 e. The molecule has 11 heteroatoms. The van der Waals surface area contributed by atoms with Gasteiger partial charge in [0, 0.05) is 78.8 Å². The zero-order valence-electron chi connectivity index (χ0n) is 17.9. The van der Waals surface area contributed by atoms with Crippen molar-refractivity contribution in [3.63, 3.8) is 0 Å². The maximum atomic E-state index is 12.4. The second-order valence-corrected chi connectivity index (χ2v) is 6.55. The van der Waals surface area contributed by atoms with Gasteiger partial charge in [-0.25, -0.2) is 9.97 Å². The molecule has 10 nitrogen and oxygen atoms in total. The molecule has 1 saturated heterocycles. The standard InChI is InChI=1S/C19H33N7O3.HI/c1-20-18(21-8-4-14-29-16-15-28-2)22-9-5-17(27)25-10-12-26(13-11-25)19-23-6-3-7-24-19;/h3,6-7H,4-5,8-16H2,1-2H3,(H2,20,21,22);1H. The fourth-order valence-electron chi connectivity index (χ4n) is 2.90. The number of hydrogen-bond acceptors (Lipinski definition) is 7. The lowest BCUT2D eigenvalue weighted by Gasteiger charge is -2.34. The molecule has 2 rings (SSSR count). The summed E-state index contributed by atoms with van der Waals surface area (Å²) in [6.07, 6.45) is 4.78. The SMILES string of the molecule is CN=C(NCCCOCCOC)NCCC(=O)N1CCN(c2ncccn2)CC1.I. The number of aromatic nitrogens is 2. The van der Waals surface area contributed by atoms with Crippen LogP contribution in [0.3, 0.4) is 0 Å². The Morgan fingerprint density at radius 3 is 2.47 bits per heavy atom. The molecule has 2 heterocycles. The lowest BCUT2D eigenvalue weighted by atomic mass is 10.3. The van der Waals surface area contributed by atoms with E-state index in [1.54, 1.807) is 32.6 Å². The van der Waals surface area contributed by atoms with Gasteiger partial charge in [0.15, 0.2) is 5.96 Å². The molecule has 0 saturated carbocycles. The van der Waals surface area contributed by atoms with Crippen LogP contribution in [0.5, 0.6) is 0 Å². The van der Waals surface area contributed by atoms with Gasteiger partial charge in [0.1, 0.15) is 0 Å². The van der Waals surface area contributed by atoms with Crippen LogP contribution < -0.4 is 15.5 Å². The molecule has 1 amide bonds. The van der Waals surface area contributed by atoms with Gasteiger partial charge in [-0.2, -0.15) is 0 Å². The summed E-state index contributed by atoms with van der Waals surface area (Å²) < 4.78 is 10.3. The maximum absolute atomic E-state index is 12.4. The number of guanidine groups is 1. The highest BCUT2D eigenvalue weighted by atomic mass is 127. The van der Waals surface area contributed by atoms with E-state index < -0.39 is 0 Å². The highest BCUT2D eigenvalue weighted by molar-refractivity contribution is 14.0. The summed E-state index contributed by atoms with van der Waals surface area (Å²) >= 11 is 0. The van der Waals surface area contributed by atoms with Crippen LogP contribution in [-0.4, -0.2) is 100.0 Å². The van der Waals surface area contributed by atoms with Crippen molar-refractivity contribution in [3.8, 4) is 0 Å². The quantitative estimate of drug-likeness (QED) is 0.181. The van der Waals surface area contributed by atoms with Crippen molar-refractivity contribution in [2.75, 3.05) is 78.1 Å². The largest absolute Gasteiger partial charge is 0.382 e. The summed E-state index contributed by atoms with van der Waals surface area (Å²) in [5, 5.41) is 6.41. The Balaban J connectivity index is 0.00000450. The number of carbonyl (C=O) groups is 1. The van der Waals surface area contributed by atoms with Crippen molar-refractivity contribution >= 4 is 41.8 Å². The first-order chi connectivity index (χ1) is 14.2. The molecule has 1 fully saturated rings. The van der Waals surface area contributed by atoms with Gasteiger partial charge in [0.2, 0.25) is 11.9 Å². The van der Waals surface area contributed by atoms with E-state index in [2.05, 4.69) is 30.5 Å². The maximum Gasteiger partial charge on any atom is 0.225 e. The van der Waals surface area contributed by atoms with Gasteiger partial charge in [-0.1, -0.05) is 0 Å². The van der Waals surface area contributed by atoms with Crippen molar-refractivity contribution in [1.29, 1.82) is 0 Å². The lowest BCUT2D eigenvalue weighted by Crippen LogP contribution is -2.50. The number of anilines is 1. The monoisotopic (exact) mass is 535 g/mol. The van der Waals surface area contributed by atoms with Crippen LogP contribution >= 0.6 is 24.0 Å². The van der Waals surface area contributed by atoms with E-state index in [-0.39, 0.29) is 29.9 Å². The van der Waals surface area contributed by atoms with Crippen molar-refractivity contribution in [2.24, 2.45) is 4.99 Å². The highest BCUT2D eigenvalue weighted by Crippen LogP contribution is 2.10. The molecular weight excluding hydrogens is 501 g/mol. The molecule has 1 aromatic heterocycles. The van der Waals surface area contributed by atoms with Crippen LogP contribution in [-0.2, 0) is 14.3 Å². The number of hydrogen-bond donors (Lipinski definition) is 2. The number of carbonyl (C=O) groups excluding carboxylic acids is 1. The Labute approximate surface area is 195 Å². The van der Waals surface area contributed by atoms with Gasteiger partial charge in [-0.3, -0.25) is 9.79 Å². The minimum Gasteiger partial charge on any atom is -0.382 e. The molecule has 1 aliphatic heterocycles. The number of ether oxygens (including phenoxy) is 2. The van der Waals surface area contributed by atoms with Gasteiger partial charge in [0.05, 0.1) is 13.2 Å². The molecule has 0 atom stereocenters. The first kappa shape index (κ1) is 26.3. The molecule has 0 spiro atoms. The zero-order valence-corrected chi connectivity index (χ0v) is 20.2. The Hall–Kier alpha value is -1.73. The third kappa shape index (κ3) is 9.85. The molecule has 30 heavy (non-hydrogen) atoms. The first-order valence-corrected chi connectivity index (χ1v) is 10.1. The second-order valence-electron chi connectivity index (χ2n) is 6.55. The topological polar surface area (TPSA) is 104 Å². The van der Waals surface area contributed by atoms with Crippen LogP contribution in [0.25, 0.3) is 0 Å². The number of nitrogens with one attached hydrogen (secondary N) is 2. The van der Waals surface area contributed by atoms with Gasteiger partial charge in [0.25, 0.3) is 0 Å². The number of halogens is 1. The van der Waals surface area contributed by atoms with Gasteiger partial charge in [-0.05, 0) is 12.5 Å². The molecule has 2 N–H and O–H groups in total. The summed E-state index contributed by atoms with van der Waals surface area (Å²) in [7, 11) is 3.38. The summed E-state index contributed by atoms with van der Waals surface area (Å²) in [6.45, 7) is 6.07. The van der Waals surface area contributed by atoms with Crippen LogP contribution in [0.4, 0.5) is 5.95 Å². The molecule has 0 radical (unpaired) electrons. The van der Waals surface area contributed by atoms with Crippen LogP contribution in [0.2, 0.25) is 0 Å². The van der Waals surface area contributed by atoms with E-state index in [0.29, 0.717) is 51.8 Å². The Kier molecular flexibility index (Phi) is 14.1. The van der Waals surface area contributed by atoms with Gasteiger partial charge < -0.3 is 29.9 Å². The number of amides is 1. The fourth-order valence-corrected chi connectivity index (χ4v) is 2.90.